The summed E-state index contributed by atoms with van der Waals surface area (Å²) in [7, 11) is 0. The molecule has 4 heteroatoms. The van der Waals surface area contributed by atoms with Gasteiger partial charge in [0.15, 0.2) is 6.29 Å². The van der Waals surface area contributed by atoms with Crippen molar-refractivity contribution in [3.05, 3.63) is 29.6 Å². The topological polar surface area (TPSA) is 57.4 Å². The van der Waals surface area contributed by atoms with Gasteiger partial charge in [0.05, 0.1) is 6.04 Å². The van der Waals surface area contributed by atoms with Gasteiger partial charge in [0.25, 0.3) is 0 Å². The first-order chi connectivity index (χ1) is 7.69. The Morgan fingerprint density at radius 2 is 1.88 bits per heavy atom. The zero-order chi connectivity index (χ0) is 12.0. The highest BCUT2D eigenvalue weighted by molar-refractivity contribution is 5.20. The lowest BCUT2D eigenvalue weighted by atomic mass is 10.1. The first-order valence-electron chi connectivity index (χ1n) is 5.59. The Bertz CT molecular complexity index is 312. The predicted octanol–water partition coefficient (Wildman–Crippen LogP) is 1.79. The summed E-state index contributed by atoms with van der Waals surface area (Å²) in [4.78, 5) is 4.12. The number of aryl methyl sites for hydroxylation is 1. The summed E-state index contributed by atoms with van der Waals surface area (Å²) in [6.07, 6.45) is 3.15. The predicted molar refractivity (Wildman–Crippen MR) is 62.9 cm³/mol. The van der Waals surface area contributed by atoms with E-state index in [1.165, 1.54) is 0 Å². The van der Waals surface area contributed by atoms with Gasteiger partial charge in [0.1, 0.15) is 0 Å². The van der Waals surface area contributed by atoms with Crippen LogP contribution in [-0.4, -0.2) is 24.5 Å². The largest absolute Gasteiger partial charge is 0.351 e. The fraction of sp³-hybridized carbons (Fsp3) is 0.583. The van der Waals surface area contributed by atoms with Gasteiger partial charge in [-0.3, -0.25) is 4.98 Å². The standard InChI is InChI=1S/C12H20N2O2/c1-4-15-12(16-5-2)11(13)10-6-9(3)7-14-8-10/h6-8,11-12H,4-5,13H2,1-3H3. The lowest BCUT2D eigenvalue weighted by Gasteiger charge is -2.23. The maximum absolute atomic E-state index is 6.09. The summed E-state index contributed by atoms with van der Waals surface area (Å²) in [6, 6.07) is 1.70. The molecule has 16 heavy (non-hydrogen) atoms. The van der Waals surface area contributed by atoms with Crippen molar-refractivity contribution < 1.29 is 9.47 Å². The van der Waals surface area contributed by atoms with Crippen LogP contribution >= 0.6 is 0 Å². The minimum Gasteiger partial charge on any atom is -0.351 e. The van der Waals surface area contributed by atoms with E-state index in [0.717, 1.165) is 11.1 Å². The summed E-state index contributed by atoms with van der Waals surface area (Å²) in [5.41, 5.74) is 8.11. The van der Waals surface area contributed by atoms with Gasteiger partial charge in [-0.2, -0.15) is 0 Å². The Balaban J connectivity index is 2.76. The molecule has 1 atom stereocenters. The average Bonchev–Trinajstić information content (AvgIpc) is 2.28. The number of ether oxygens (including phenoxy) is 2. The molecule has 1 rings (SSSR count). The molecule has 0 radical (unpaired) electrons. The molecule has 1 heterocycles. The minimum absolute atomic E-state index is 0.299. The zero-order valence-electron chi connectivity index (χ0n) is 10.1. The third-order valence-electron chi connectivity index (χ3n) is 2.24. The number of rotatable bonds is 6. The van der Waals surface area contributed by atoms with Crippen LogP contribution in [0.5, 0.6) is 0 Å². The van der Waals surface area contributed by atoms with Crippen LogP contribution in [-0.2, 0) is 9.47 Å². The Morgan fingerprint density at radius 1 is 1.25 bits per heavy atom. The van der Waals surface area contributed by atoms with E-state index in [9.17, 15) is 0 Å². The number of aromatic nitrogens is 1. The van der Waals surface area contributed by atoms with Crippen LogP contribution in [0.25, 0.3) is 0 Å². The molecule has 0 fully saturated rings. The molecular formula is C12H20N2O2. The van der Waals surface area contributed by atoms with Crippen molar-refractivity contribution in [2.75, 3.05) is 13.2 Å². The highest BCUT2D eigenvalue weighted by Gasteiger charge is 2.20. The molecule has 90 valence electrons. The fourth-order valence-electron chi connectivity index (χ4n) is 1.50. The normalized spacial score (nSPS) is 13.1. The molecule has 2 N–H and O–H groups in total. The summed E-state index contributed by atoms with van der Waals surface area (Å²) < 4.78 is 10.9. The van der Waals surface area contributed by atoms with Crippen LogP contribution in [0.4, 0.5) is 0 Å². The van der Waals surface area contributed by atoms with Gasteiger partial charge in [-0.15, -0.1) is 0 Å². The SMILES string of the molecule is CCOC(OCC)C(N)c1cncc(C)c1. The smallest absolute Gasteiger partial charge is 0.176 e. The lowest BCUT2D eigenvalue weighted by molar-refractivity contribution is -0.149. The second-order valence-corrected chi connectivity index (χ2v) is 3.60. The van der Waals surface area contributed by atoms with E-state index in [1.807, 2.05) is 26.8 Å². The van der Waals surface area contributed by atoms with E-state index in [-0.39, 0.29) is 6.04 Å². The van der Waals surface area contributed by atoms with Crippen LogP contribution in [0.1, 0.15) is 31.0 Å². The number of pyridine rings is 1. The summed E-state index contributed by atoms with van der Waals surface area (Å²) in [5, 5.41) is 0. The van der Waals surface area contributed by atoms with Gasteiger partial charge in [0, 0.05) is 25.6 Å². The van der Waals surface area contributed by atoms with E-state index in [1.54, 1.807) is 12.4 Å². The molecule has 0 aliphatic carbocycles. The Labute approximate surface area is 96.8 Å². The number of hydrogen-bond donors (Lipinski definition) is 1. The molecule has 1 aromatic heterocycles. The molecule has 4 nitrogen and oxygen atoms in total. The van der Waals surface area contributed by atoms with E-state index < -0.39 is 6.29 Å². The highest BCUT2D eigenvalue weighted by Crippen LogP contribution is 2.17. The monoisotopic (exact) mass is 224 g/mol. The molecule has 0 spiro atoms. The number of hydrogen-bond acceptors (Lipinski definition) is 4. The maximum atomic E-state index is 6.09. The molecule has 1 aromatic rings. The van der Waals surface area contributed by atoms with Crippen LogP contribution in [0.15, 0.2) is 18.5 Å². The van der Waals surface area contributed by atoms with Gasteiger partial charge in [-0.05, 0) is 31.9 Å². The average molecular weight is 224 g/mol. The van der Waals surface area contributed by atoms with Crippen LogP contribution in [0, 0.1) is 6.92 Å². The Morgan fingerprint density at radius 3 is 2.38 bits per heavy atom. The van der Waals surface area contributed by atoms with Gasteiger partial charge < -0.3 is 15.2 Å². The molecule has 0 bridgehead atoms. The lowest BCUT2D eigenvalue weighted by Crippen LogP contribution is -2.31. The van der Waals surface area contributed by atoms with E-state index in [0.29, 0.717) is 13.2 Å². The molecule has 0 saturated heterocycles. The van der Waals surface area contributed by atoms with Crippen molar-refractivity contribution in [2.45, 2.75) is 33.1 Å². The third kappa shape index (κ3) is 3.56. The van der Waals surface area contributed by atoms with Crippen molar-refractivity contribution in [1.29, 1.82) is 0 Å². The molecule has 0 aliphatic heterocycles. The summed E-state index contributed by atoms with van der Waals surface area (Å²) in [5.74, 6) is 0. The molecule has 0 amide bonds. The second kappa shape index (κ2) is 6.58. The second-order valence-electron chi connectivity index (χ2n) is 3.60. The van der Waals surface area contributed by atoms with Crippen molar-refractivity contribution in [3.8, 4) is 0 Å². The van der Waals surface area contributed by atoms with E-state index >= 15 is 0 Å². The van der Waals surface area contributed by atoms with Crippen molar-refractivity contribution in [2.24, 2.45) is 5.73 Å². The third-order valence-corrected chi connectivity index (χ3v) is 2.24. The minimum atomic E-state index is -0.404. The quantitative estimate of drug-likeness (QED) is 0.748. The summed E-state index contributed by atoms with van der Waals surface area (Å²) in [6.45, 7) is 7.00. The van der Waals surface area contributed by atoms with Gasteiger partial charge in [0.2, 0.25) is 0 Å². The number of nitrogens with zero attached hydrogens (tertiary/aromatic N) is 1. The van der Waals surface area contributed by atoms with Gasteiger partial charge in [-0.25, -0.2) is 0 Å². The summed E-state index contributed by atoms with van der Waals surface area (Å²) >= 11 is 0. The van der Waals surface area contributed by atoms with Crippen molar-refractivity contribution in [1.82, 2.24) is 4.98 Å². The first kappa shape index (κ1) is 13.1. The Hall–Kier alpha value is -0.970. The molecule has 0 aliphatic rings. The van der Waals surface area contributed by atoms with Crippen molar-refractivity contribution in [3.63, 3.8) is 0 Å². The van der Waals surface area contributed by atoms with Gasteiger partial charge >= 0.3 is 0 Å². The van der Waals surface area contributed by atoms with Crippen molar-refractivity contribution >= 4 is 0 Å². The van der Waals surface area contributed by atoms with Gasteiger partial charge in [-0.1, -0.05) is 6.07 Å². The Kier molecular flexibility index (Phi) is 5.38. The zero-order valence-corrected chi connectivity index (χ0v) is 10.1. The number of nitrogens with two attached hydrogens (primary N) is 1. The van der Waals surface area contributed by atoms with Crippen LogP contribution in [0.3, 0.4) is 0 Å². The van der Waals surface area contributed by atoms with E-state index in [2.05, 4.69) is 4.98 Å². The molecule has 1 unspecified atom stereocenters. The van der Waals surface area contributed by atoms with Crippen LogP contribution < -0.4 is 5.73 Å². The first-order valence-corrected chi connectivity index (χ1v) is 5.59. The highest BCUT2D eigenvalue weighted by atomic mass is 16.7. The molecule has 0 aromatic carbocycles. The fourth-order valence-corrected chi connectivity index (χ4v) is 1.50. The maximum Gasteiger partial charge on any atom is 0.176 e. The van der Waals surface area contributed by atoms with E-state index in [4.69, 9.17) is 15.2 Å². The molecule has 0 saturated carbocycles. The van der Waals surface area contributed by atoms with Crippen LogP contribution in [0.2, 0.25) is 0 Å². The molecular weight excluding hydrogens is 204 g/mol.